The van der Waals surface area contributed by atoms with Crippen molar-refractivity contribution in [3.63, 3.8) is 0 Å². The number of benzene rings is 8. The third-order valence-electron chi connectivity index (χ3n) is 12.7. The van der Waals surface area contributed by atoms with Crippen LogP contribution < -0.4 is 0 Å². The third kappa shape index (κ3) is 4.75. The molecule has 266 valence electrons. The molecule has 0 saturated carbocycles. The molecular weight excluding hydrogens is 677 g/mol. The van der Waals surface area contributed by atoms with Crippen LogP contribution in [0.5, 0.6) is 0 Å². The highest BCUT2D eigenvalue weighted by atomic mass is 14.9. The highest BCUT2D eigenvalue weighted by Crippen LogP contribution is 2.55. The van der Waals surface area contributed by atoms with Crippen molar-refractivity contribution in [1.29, 1.82) is 0 Å². The second-order valence-corrected chi connectivity index (χ2v) is 16.6. The Balaban J connectivity index is 1.15. The molecule has 0 spiro atoms. The molecule has 2 aliphatic rings. The van der Waals surface area contributed by atoms with Crippen LogP contribution in [-0.2, 0) is 10.8 Å². The van der Waals surface area contributed by atoms with Gasteiger partial charge in [0.05, 0.1) is 11.4 Å². The first-order valence-electron chi connectivity index (χ1n) is 19.7. The highest BCUT2D eigenvalue weighted by Gasteiger charge is 2.39. The quantitative estimate of drug-likeness (QED) is 0.181. The predicted octanol–water partition coefficient (Wildman–Crippen LogP) is 14.1. The van der Waals surface area contributed by atoms with Gasteiger partial charge in [0.15, 0.2) is 5.82 Å². The van der Waals surface area contributed by atoms with Gasteiger partial charge in [0.1, 0.15) is 0 Å². The van der Waals surface area contributed by atoms with E-state index in [0.717, 1.165) is 33.9 Å². The minimum absolute atomic E-state index is 0.134. The van der Waals surface area contributed by atoms with E-state index in [1.807, 2.05) is 0 Å². The van der Waals surface area contributed by atoms with E-state index in [9.17, 15) is 0 Å². The average molecular weight is 717 g/mol. The first-order valence-corrected chi connectivity index (χ1v) is 19.7. The summed E-state index contributed by atoms with van der Waals surface area (Å²) in [5.74, 6) is 0.720. The Bertz CT molecular complexity index is 3080. The fourth-order valence-electron chi connectivity index (χ4n) is 9.76. The number of aromatic nitrogens is 2. The van der Waals surface area contributed by atoms with Gasteiger partial charge in [-0.3, -0.25) is 0 Å². The molecule has 0 atom stereocenters. The predicted molar refractivity (Wildman–Crippen MR) is 234 cm³/mol. The van der Waals surface area contributed by atoms with Crippen molar-refractivity contribution in [3.8, 4) is 67.3 Å². The summed E-state index contributed by atoms with van der Waals surface area (Å²) < 4.78 is 0. The fourth-order valence-corrected chi connectivity index (χ4v) is 9.76. The number of nitrogens with zero attached hydrogens (tertiary/aromatic N) is 2. The summed E-state index contributed by atoms with van der Waals surface area (Å²) in [6.07, 6.45) is 0. The molecule has 9 aromatic rings. The van der Waals surface area contributed by atoms with Gasteiger partial charge in [-0.25, -0.2) is 9.97 Å². The van der Waals surface area contributed by atoms with E-state index in [1.165, 1.54) is 77.2 Å². The molecule has 11 rings (SSSR count). The molecular formula is C54H40N2. The molecule has 0 amide bonds. The normalized spacial score (nSPS) is 14.4. The smallest absolute Gasteiger partial charge is 0.160 e. The van der Waals surface area contributed by atoms with Crippen LogP contribution in [0, 0.1) is 0 Å². The molecule has 2 aliphatic carbocycles. The van der Waals surface area contributed by atoms with Gasteiger partial charge >= 0.3 is 0 Å². The van der Waals surface area contributed by atoms with E-state index < -0.39 is 0 Å². The number of rotatable bonds is 4. The van der Waals surface area contributed by atoms with Gasteiger partial charge in [0, 0.05) is 27.5 Å². The lowest BCUT2D eigenvalue weighted by atomic mass is 9.81. The van der Waals surface area contributed by atoms with Gasteiger partial charge in [-0.15, -0.1) is 0 Å². The van der Waals surface area contributed by atoms with E-state index in [4.69, 9.17) is 9.97 Å². The Hall–Kier alpha value is -6.64. The molecule has 1 aromatic heterocycles. The van der Waals surface area contributed by atoms with Crippen molar-refractivity contribution in [2.45, 2.75) is 38.5 Å². The fraction of sp³-hybridized carbons (Fsp3) is 0.111. The van der Waals surface area contributed by atoms with Gasteiger partial charge in [0.25, 0.3) is 0 Å². The highest BCUT2D eigenvalue weighted by molar-refractivity contribution is 6.02. The topological polar surface area (TPSA) is 25.8 Å². The summed E-state index contributed by atoms with van der Waals surface area (Å²) in [6, 6.07) is 62.1. The van der Waals surface area contributed by atoms with Crippen molar-refractivity contribution in [2.24, 2.45) is 0 Å². The SMILES string of the molecule is CC1(C)c2cc3ccccc3cc2-c2c(-c3cc(-c4ccccc4-c4cccc5c4-c4cc6ccccc6cc4C5(C)C)nc(-c4ccccc4)n3)cccc21. The molecule has 0 radical (unpaired) electrons. The summed E-state index contributed by atoms with van der Waals surface area (Å²) >= 11 is 0. The number of fused-ring (bicyclic) bond motifs is 8. The Morgan fingerprint density at radius 3 is 1.32 bits per heavy atom. The monoisotopic (exact) mass is 716 g/mol. The van der Waals surface area contributed by atoms with Crippen molar-refractivity contribution >= 4 is 21.5 Å². The van der Waals surface area contributed by atoms with Gasteiger partial charge in [-0.2, -0.15) is 0 Å². The van der Waals surface area contributed by atoms with Gasteiger partial charge in [-0.1, -0.05) is 167 Å². The average Bonchev–Trinajstić information content (AvgIpc) is 3.60. The molecule has 0 N–H and O–H groups in total. The van der Waals surface area contributed by atoms with Crippen molar-refractivity contribution < 1.29 is 0 Å². The van der Waals surface area contributed by atoms with Gasteiger partial charge in [-0.05, 0) is 108 Å². The summed E-state index contributed by atoms with van der Waals surface area (Å²) in [7, 11) is 0. The van der Waals surface area contributed by atoms with E-state index in [-0.39, 0.29) is 10.8 Å². The van der Waals surface area contributed by atoms with E-state index in [2.05, 4.69) is 198 Å². The van der Waals surface area contributed by atoms with Crippen molar-refractivity contribution in [1.82, 2.24) is 9.97 Å². The lowest BCUT2D eigenvalue weighted by molar-refractivity contribution is 0.661. The maximum absolute atomic E-state index is 5.39. The summed E-state index contributed by atoms with van der Waals surface area (Å²) in [5, 5.41) is 5.06. The third-order valence-corrected chi connectivity index (χ3v) is 12.7. The van der Waals surface area contributed by atoms with Crippen LogP contribution in [0.2, 0.25) is 0 Å². The Morgan fingerprint density at radius 2 is 0.750 bits per heavy atom. The zero-order valence-corrected chi connectivity index (χ0v) is 32.1. The zero-order chi connectivity index (χ0) is 37.8. The number of hydrogen-bond acceptors (Lipinski definition) is 2. The molecule has 0 unspecified atom stereocenters. The first kappa shape index (κ1) is 32.8. The zero-order valence-electron chi connectivity index (χ0n) is 32.1. The molecule has 2 nitrogen and oxygen atoms in total. The van der Waals surface area contributed by atoms with Crippen LogP contribution >= 0.6 is 0 Å². The maximum atomic E-state index is 5.39. The molecule has 1 heterocycles. The second-order valence-electron chi connectivity index (χ2n) is 16.6. The van der Waals surface area contributed by atoms with Crippen LogP contribution in [0.4, 0.5) is 0 Å². The minimum atomic E-state index is -0.154. The Kier molecular flexibility index (Phi) is 6.98. The Labute approximate surface area is 328 Å². The first-order chi connectivity index (χ1) is 27.3. The minimum Gasteiger partial charge on any atom is -0.228 e. The molecule has 0 fully saturated rings. The molecule has 8 aromatic carbocycles. The standard InChI is InChI=1S/C54H40N2/c1-53(2)44-26-14-24-40(50(44)42-28-34-18-8-10-20-36(34)30-46(42)53)38-22-12-13-23-39(38)48-32-49(56-52(55-48)33-16-6-5-7-17-33)41-25-15-27-45-51(41)43-29-35-19-9-11-21-37(35)31-47(43)54(45,3)4/h5-32H,1-4H3. The van der Waals surface area contributed by atoms with E-state index >= 15 is 0 Å². The molecule has 0 saturated heterocycles. The van der Waals surface area contributed by atoms with E-state index in [1.54, 1.807) is 0 Å². The summed E-state index contributed by atoms with van der Waals surface area (Å²) in [4.78, 5) is 10.8. The molecule has 0 bridgehead atoms. The van der Waals surface area contributed by atoms with Crippen LogP contribution in [0.3, 0.4) is 0 Å². The number of hydrogen-bond donors (Lipinski definition) is 0. The summed E-state index contributed by atoms with van der Waals surface area (Å²) in [5.41, 5.74) is 17.8. The van der Waals surface area contributed by atoms with Crippen molar-refractivity contribution in [3.05, 3.63) is 192 Å². The lowest BCUT2D eigenvalue weighted by Gasteiger charge is -2.22. The van der Waals surface area contributed by atoms with Gasteiger partial charge in [0.2, 0.25) is 0 Å². The van der Waals surface area contributed by atoms with Gasteiger partial charge < -0.3 is 0 Å². The molecule has 56 heavy (non-hydrogen) atoms. The largest absolute Gasteiger partial charge is 0.228 e. The Morgan fingerprint density at radius 1 is 0.321 bits per heavy atom. The van der Waals surface area contributed by atoms with Crippen LogP contribution in [-0.4, -0.2) is 9.97 Å². The van der Waals surface area contributed by atoms with Crippen LogP contribution in [0.25, 0.3) is 88.8 Å². The second kappa shape index (κ2) is 11.9. The molecule has 0 aliphatic heterocycles. The van der Waals surface area contributed by atoms with Crippen molar-refractivity contribution in [2.75, 3.05) is 0 Å². The molecule has 2 heteroatoms. The van der Waals surface area contributed by atoms with E-state index in [0.29, 0.717) is 0 Å². The summed E-state index contributed by atoms with van der Waals surface area (Å²) in [6.45, 7) is 9.44. The van der Waals surface area contributed by atoms with Crippen LogP contribution in [0.15, 0.2) is 170 Å². The van der Waals surface area contributed by atoms with Crippen LogP contribution in [0.1, 0.15) is 49.9 Å². The maximum Gasteiger partial charge on any atom is 0.160 e. The lowest BCUT2D eigenvalue weighted by Crippen LogP contribution is -2.14.